The second-order valence-corrected chi connectivity index (χ2v) is 24.0. The van der Waals surface area contributed by atoms with Gasteiger partial charge in [-0.3, -0.25) is 56.9 Å². The van der Waals surface area contributed by atoms with E-state index in [1.807, 2.05) is 13.8 Å². The average Bonchev–Trinajstić information content (AvgIpc) is 3.17. The molecular formula is C57H78N10O16S. The van der Waals surface area contributed by atoms with Crippen molar-refractivity contribution in [2.75, 3.05) is 37.3 Å². The Morgan fingerprint density at radius 2 is 1.51 bits per heavy atom. The highest BCUT2D eigenvalue weighted by Crippen LogP contribution is 2.33. The Morgan fingerprint density at radius 3 is 2.15 bits per heavy atom. The summed E-state index contributed by atoms with van der Waals surface area (Å²) in [5, 5.41) is 47.6. The van der Waals surface area contributed by atoms with Gasteiger partial charge in [0.2, 0.25) is 47.3 Å². The number of hydrogen-bond donors (Lipinski definition) is 12. The van der Waals surface area contributed by atoms with E-state index in [1.54, 1.807) is 63.2 Å². The first-order chi connectivity index (χ1) is 39.7. The molecule has 13 atom stereocenters. The molecule has 14 N–H and O–H groups in total. The second-order valence-electron chi connectivity index (χ2n) is 22.6. The van der Waals surface area contributed by atoms with Crippen LogP contribution in [-0.2, 0) is 76.6 Å². The van der Waals surface area contributed by atoms with E-state index in [4.69, 9.17) is 16.2 Å². The molecule has 8 amide bonds. The maximum absolute atomic E-state index is 15.1. The van der Waals surface area contributed by atoms with Gasteiger partial charge in [-0.25, -0.2) is 0 Å². The maximum atomic E-state index is 15.1. The number of fused-ring (bicyclic) bond motifs is 5. The smallest absolute Gasteiger partial charge is 0.243 e. The number of H-pyrrole nitrogens is 1. The molecule has 1 aromatic heterocycles. The fourth-order valence-electron chi connectivity index (χ4n) is 10.4. The van der Waals surface area contributed by atoms with Gasteiger partial charge < -0.3 is 73.3 Å². The number of nitrogens with zero attached hydrogens (tertiary/aromatic N) is 1. The molecule has 4 unspecified atom stereocenters. The summed E-state index contributed by atoms with van der Waals surface area (Å²) >= 11 is 0. The largest absolute Gasteiger partial charge is 0.489 e. The Hall–Kier alpha value is -7.46. The molecule has 84 heavy (non-hydrogen) atoms. The van der Waals surface area contributed by atoms with Gasteiger partial charge in [-0.1, -0.05) is 60.1 Å². The van der Waals surface area contributed by atoms with Crippen LogP contribution in [0.15, 0.2) is 47.5 Å². The molecule has 2 aromatic carbocycles. The molecule has 3 aromatic rings. The van der Waals surface area contributed by atoms with Crippen molar-refractivity contribution in [3.8, 4) is 5.75 Å². The van der Waals surface area contributed by atoms with E-state index in [9.17, 15) is 68.1 Å². The number of aromatic amines is 1. The summed E-state index contributed by atoms with van der Waals surface area (Å²) in [5.41, 5.74) is 13.2. The number of ether oxygens (including phenoxy) is 1. The van der Waals surface area contributed by atoms with Gasteiger partial charge in [0.15, 0.2) is 17.3 Å². The van der Waals surface area contributed by atoms with Crippen LogP contribution in [0.2, 0.25) is 0 Å². The van der Waals surface area contributed by atoms with Crippen LogP contribution in [0.5, 0.6) is 5.75 Å². The predicted molar refractivity (Wildman–Crippen MR) is 304 cm³/mol. The summed E-state index contributed by atoms with van der Waals surface area (Å²) in [6.45, 7) is 7.21. The maximum Gasteiger partial charge on any atom is 0.243 e. The number of carbonyl (C=O) groups is 11. The van der Waals surface area contributed by atoms with Crippen LogP contribution in [0.3, 0.4) is 0 Å². The Kier molecular flexibility index (Phi) is 23.0. The van der Waals surface area contributed by atoms with Crippen LogP contribution in [-0.4, -0.2) is 168 Å². The number of amides is 8. The molecule has 4 heterocycles. The number of aliphatic hydroxyl groups excluding tert-OH is 3. The summed E-state index contributed by atoms with van der Waals surface area (Å²) in [5.74, 6) is -15.0. The number of aliphatic hydroxyl groups is 3. The number of primary amides is 1. The first-order valence-corrected chi connectivity index (χ1v) is 29.4. The van der Waals surface area contributed by atoms with Crippen molar-refractivity contribution in [2.24, 2.45) is 47.0 Å². The van der Waals surface area contributed by atoms with Crippen molar-refractivity contribution in [3.63, 3.8) is 0 Å². The minimum absolute atomic E-state index is 0.00348. The Bertz CT molecular complexity index is 3010. The SMILES string of the molecule is CC[C@H](C)[C@@H]1NC(=O)CNC(=O)C2CC(=O)[C@H]([C@@H](C)[C@@H](O)CO)NC(=O)[C@@H]3CC(O)CN3C(=O)[C@H](CC(N)=O)CC(=O)C(C[S@@](=O)c3[nH]c4cc(OCc5ccc(NC(=O)[C@H](C)CC(=O)C(N)C(C)C)cc5)ccc4c3C2)NC(=O)CNC1=O. The zero-order chi connectivity index (χ0) is 61.9. The molecule has 1 saturated heterocycles. The normalized spacial score (nSPS) is 25.4. The number of rotatable bonds is 16. The number of anilines is 1. The Morgan fingerprint density at radius 1 is 0.845 bits per heavy atom. The fourth-order valence-corrected chi connectivity index (χ4v) is 11.8. The summed E-state index contributed by atoms with van der Waals surface area (Å²) in [4.78, 5) is 156. The molecule has 0 radical (unpaired) electrons. The standard InChI is InChI=1S/C57H78N10O16S/c1-7-28(4)50-55(80)61-21-47(75)63-40-26-84(82)56-38(37-13-12-36(20-39(37)64-56)83-25-31-8-10-34(11-9-31)62-52(77)29(5)14-43(71)49(59)27(2)3)15-32(53(78)60-22-48(76)65-50)16-44(72)51(30(6)45(73)24-68)66-54(79)41-19-35(69)23-67(41)57(81)33(17-42(40)70)18-46(58)74/h8-13,20,27-30,32-33,35,40-41,45,49-51,64,68-69,73H,7,14-19,21-26,59H2,1-6H3,(H2,58,74)(H,60,78)(H,61,80)(H,62,77)(H,63,75)(H,65,76)(H,66,79)/t28-,29+,30-,32?,33-,35?,40?,41-,45-,49?,50-,51-,84+/m0/s1. The molecule has 2 bridgehead atoms. The van der Waals surface area contributed by atoms with Gasteiger partial charge in [0.25, 0.3) is 0 Å². The van der Waals surface area contributed by atoms with Gasteiger partial charge in [0.1, 0.15) is 29.5 Å². The third-order valence-corrected chi connectivity index (χ3v) is 17.2. The van der Waals surface area contributed by atoms with Crippen molar-refractivity contribution >= 4 is 92.0 Å². The lowest BCUT2D eigenvalue weighted by Crippen LogP contribution is -2.56. The van der Waals surface area contributed by atoms with Crippen molar-refractivity contribution in [1.82, 2.24) is 36.5 Å². The van der Waals surface area contributed by atoms with Crippen LogP contribution in [0.1, 0.15) is 91.2 Å². The topological polar surface area (TPSA) is 418 Å². The van der Waals surface area contributed by atoms with E-state index >= 15 is 4.21 Å². The summed E-state index contributed by atoms with van der Waals surface area (Å²) in [7, 11) is -2.38. The Balaban J connectivity index is 1.44. The molecule has 3 aliphatic heterocycles. The monoisotopic (exact) mass is 1190 g/mol. The van der Waals surface area contributed by atoms with Gasteiger partial charge in [0.05, 0.1) is 78.0 Å². The quantitative estimate of drug-likeness (QED) is 0.0789. The van der Waals surface area contributed by atoms with Crippen molar-refractivity contribution < 1.29 is 77.0 Å². The van der Waals surface area contributed by atoms with Crippen molar-refractivity contribution in [1.29, 1.82) is 0 Å². The number of carbonyl (C=O) groups excluding carboxylic acids is 11. The number of nitrogens with two attached hydrogens (primary N) is 2. The first kappa shape index (κ1) is 65.7. The van der Waals surface area contributed by atoms with Crippen LogP contribution < -0.4 is 48.1 Å². The fraction of sp³-hybridized carbons (Fsp3) is 0.561. The molecular weight excluding hydrogens is 1110 g/mol. The zero-order valence-corrected chi connectivity index (χ0v) is 48.7. The predicted octanol–water partition coefficient (Wildman–Crippen LogP) is -1.35. The van der Waals surface area contributed by atoms with E-state index in [-0.39, 0.29) is 58.9 Å². The number of Topliss-reactive ketones (excluding diaryl/α,β-unsaturated/α-hetero) is 3. The molecule has 3 aliphatic rings. The number of benzene rings is 2. The highest BCUT2D eigenvalue weighted by atomic mass is 32.2. The van der Waals surface area contributed by atoms with Crippen LogP contribution in [0, 0.1) is 35.5 Å². The van der Waals surface area contributed by atoms with E-state index in [1.165, 1.54) is 6.92 Å². The molecule has 27 heteroatoms. The average molecular weight is 1190 g/mol. The first-order valence-electron chi connectivity index (χ1n) is 28.1. The van der Waals surface area contributed by atoms with Gasteiger partial charge >= 0.3 is 0 Å². The Labute approximate surface area is 487 Å². The molecule has 1 fully saturated rings. The van der Waals surface area contributed by atoms with Crippen LogP contribution >= 0.6 is 0 Å². The van der Waals surface area contributed by atoms with Crippen molar-refractivity contribution in [3.05, 3.63) is 53.6 Å². The van der Waals surface area contributed by atoms with E-state index < -0.39 is 193 Å². The third kappa shape index (κ3) is 16.9. The lowest BCUT2D eigenvalue weighted by Gasteiger charge is -2.32. The van der Waals surface area contributed by atoms with E-state index in [0.29, 0.717) is 23.1 Å². The molecule has 26 nitrogen and oxygen atoms in total. The summed E-state index contributed by atoms with van der Waals surface area (Å²) < 4.78 is 21.3. The molecule has 6 rings (SSSR count). The summed E-state index contributed by atoms with van der Waals surface area (Å²) in [6, 6.07) is 4.60. The number of ketones is 3. The second kappa shape index (κ2) is 29.4. The van der Waals surface area contributed by atoms with E-state index in [0.717, 1.165) is 4.90 Å². The molecule has 0 spiro atoms. The highest BCUT2D eigenvalue weighted by Gasteiger charge is 2.45. The van der Waals surface area contributed by atoms with Gasteiger partial charge in [-0.15, -0.1) is 0 Å². The van der Waals surface area contributed by atoms with Crippen LogP contribution in [0.25, 0.3) is 10.9 Å². The van der Waals surface area contributed by atoms with E-state index in [2.05, 4.69) is 36.9 Å². The van der Waals surface area contributed by atoms with Crippen LogP contribution in [0.4, 0.5) is 5.69 Å². The number of aromatic nitrogens is 1. The molecule has 458 valence electrons. The lowest BCUT2D eigenvalue weighted by molar-refractivity contribution is -0.145. The zero-order valence-electron chi connectivity index (χ0n) is 47.9. The number of hydrogen-bond acceptors (Lipinski definition) is 17. The molecule has 0 saturated carbocycles. The lowest BCUT2D eigenvalue weighted by atomic mass is 9.85. The minimum atomic E-state index is -2.38. The third-order valence-electron chi connectivity index (χ3n) is 15.8. The molecule has 0 aliphatic carbocycles. The van der Waals surface area contributed by atoms with Gasteiger partial charge in [-0.05, 0) is 53.6 Å². The number of nitrogens with one attached hydrogen (secondary N) is 7. The van der Waals surface area contributed by atoms with Crippen molar-refractivity contribution in [2.45, 2.75) is 141 Å². The highest BCUT2D eigenvalue weighted by molar-refractivity contribution is 7.85. The van der Waals surface area contributed by atoms with Gasteiger partial charge in [0, 0.05) is 73.5 Å². The minimum Gasteiger partial charge on any atom is -0.489 e. The summed E-state index contributed by atoms with van der Waals surface area (Å²) in [6.07, 6.45) is -5.78. The van der Waals surface area contributed by atoms with Gasteiger partial charge in [-0.2, -0.15) is 0 Å².